The summed E-state index contributed by atoms with van der Waals surface area (Å²) in [5.41, 5.74) is 2.48. The maximum absolute atomic E-state index is 12.8. The Hall–Kier alpha value is -1.82. The number of likely N-dealkylation sites (tertiary alicyclic amines) is 1. The molecule has 6 heteroatoms. The number of hydrogen-bond acceptors (Lipinski definition) is 4. The second-order valence-corrected chi connectivity index (χ2v) is 8.52. The number of thiophene rings is 1. The van der Waals surface area contributed by atoms with Crippen molar-refractivity contribution in [2.45, 2.75) is 32.7 Å². The number of furan rings is 1. The number of halogens is 1. The summed E-state index contributed by atoms with van der Waals surface area (Å²) in [6, 6.07) is 8.20. The van der Waals surface area contributed by atoms with Crippen LogP contribution in [0.3, 0.4) is 0 Å². The zero-order valence-corrected chi connectivity index (χ0v) is 17.1. The molecule has 0 unspecified atom stereocenters. The lowest BCUT2D eigenvalue weighted by molar-refractivity contribution is 0.0912. The SMILES string of the molecule is Cc1cc2oc(C(=O)NC[C@H](c3cccs3)N3CCCC3)c(C)c2cc1Cl. The highest BCUT2D eigenvalue weighted by atomic mass is 35.5. The lowest BCUT2D eigenvalue weighted by Gasteiger charge is -2.26. The first-order valence-electron chi connectivity index (χ1n) is 9.29. The van der Waals surface area contributed by atoms with Gasteiger partial charge in [-0.3, -0.25) is 9.69 Å². The molecule has 3 heterocycles. The minimum atomic E-state index is -0.168. The van der Waals surface area contributed by atoms with Crippen LogP contribution in [0.1, 0.15) is 45.4 Å². The van der Waals surface area contributed by atoms with Gasteiger partial charge in [0, 0.05) is 27.4 Å². The van der Waals surface area contributed by atoms with Gasteiger partial charge in [0.15, 0.2) is 5.76 Å². The zero-order valence-electron chi connectivity index (χ0n) is 15.5. The lowest BCUT2D eigenvalue weighted by atomic mass is 10.1. The minimum Gasteiger partial charge on any atom is -0.451 e. The van der Waals surface area contributed by atoms with Gasteiger partial charge in [-0.1, -0.05) is 17.7 Å². The third kappa shape index (κ3) is 3.64. The Bertz CT molecular complexity index is 958. The Balaban J connectivity index is 1.54. The summed E-state index contributed by atoms with van der Waals surface area (Å²) < 4.78 is 5.86. The van der Waals surface area contributed by atoms with Crippen molar-refractivity contribution < 1.29 is 9.21 Å². The van der Waals surface area contributed by atoms with Crippen LogP contribution in [0.15, 0.2) is 34.1 Å². The molecule has 27 heavy (non-hydrogen) atoms. The van der Waals surface area contributed by atoms with Crippen molar-refractivity contribution in [2.75, 3.05) is 19.6 Å². The quantitative estimate of drug-likeness (QED) is 0.627. The molecule has 1 aromatic carbocycles. The zero-order chi connectivity index (χ0) is 19.0. The van der Waals surface area contributed by atoms with Gasteiger partial charge in [0.05, 0.1) is 6.04 Å². The first-order chi connectivity index (χ1) is 13.0. The van der Waals surface area contributed by atoms with Crippen LogP contribution < -0.4 is 5.32 Å². The predicted octanol–water partition coefficient (Wildman–Crippen LogP) is 5.33. The number of nitrogens with zero attached hydrogens (tertiary/aromatic N) is 1. The van der Waals surface area contributed by atoms with Gasteiger partial charge in [0.1, 0.15) is 5.58 Å². The molecule has 0 spiro atoms. The van der Waals surface area contributed by atoms with E-state index < -0.39 is 0 Å². The Labute approximate surface area is 168 Å². The molecule has 4 nitrogen and oxygen atoms in total. The molecule has 1 amide bonds. The summed E-state index contributed by atoms with van der Waals surface area (Å²) in [6.07, 6.45) is 2.44. The summed E-state index contributed by atoms with van der Waals surface area (Å²) in [5.74, 6) is 0.205. The van der Waals surface area contributed by atoms with Crippen LogP contribution in [0, 0.1) is 13.8 Å². The standard InChI is InChI=1S/C21H23ClN2O2S/c1-13-10-18-15(11-16(13)22)14(2)20(26-18)21(25)23-12-17(19-6-5-9-27-19)24-7-3-4-8-24/h5-6,9-11,17H,3-4,7-8,12H2,1-2H3,(H,23,25)/t17-/m1/s1. The fourth-order valence-corrected chi connectivity index (χ4v) is 4.80. The number of rotatable bonds is 5. The van der Waals surface area contributed by atoms with Gasteiger partial charge in [-0.15, -0.1) is 11.3 Å². The maximum Gasteiger partial charge on any atom is 0.287 e. The van der Waals surface area contributed by atoms with Gasteiger partial charge in [-0.2, -0.15) is 0 Å². The van der Waals surface area contributed by atoms with Crippen LogP contribution in [-0.2, 0) is 0 Å². The first-order valence-corrected chi connectivity index (χ1v) is 10.5. The van der Waals surface area contributed by atoms with Crippen LogP contribution in [-0.4, -0.2) is 30.4 Å². The third-order valence-electron chi connectivity index (χ3n) is 5.33. The van der Waals surface area contributed by atoms with Gasteiger partial charge in [0.2, 0.25) is 0 Å². The van der Waals surface area contributed by atoms with Gasteiger partial charge in [0.25, 0.3) is 5.91 Å². The molecule has 2 aromatic heterocycles. The van der Waals surface area contributed by atoms with E-state index in [1.54, 1.807) is 11.3 Å². The monoisotopic (exact) mass is 402 g/mol. The predicted molar refractivity (Wildman–Crippen MR) is 111 cm³/mol. The lowest BCUT2D eigenvalue weighted by Crippen LogP contribution is -2.36. The van der Waals surface area contributed by atoms with Crippen LogP contribution in [0.4, 0.5) is 0 Å². The number of nitrogens with one attached hydrogen (secondary N) is 1. The van der Waals surface area contributed by atoms with Crippen molar-refractivity contribution in [1.82, 2.24) is 10.2 Å². The van der Waals surface area contributed by atoms with E-state index in [4.69, 9.17) is 16.0 Å². The highest BCUT2D eigenvalue weighted by molar-refractivity contribution is 7.10. The fraction of sp³-hybridized carbons (Fsp3) is 0.381. The van der Waals surface area contributed by atoms with Gasteiger partial charge >= 0.3 is 0 Å². The normalized spacial score (nSPS) is 16.1. The molecule has 1 saturated heterocycles. The number of carbonyl (C=O) groups is 1. The second-order valence-electron chi connectivity index (χ2n) is 7.14. The van der Waals surface area contributed by atoms with Gasteiger partial charge in [-0.05, 0) is 68.9 Å². The minimum absolute atomic E-state index is 0.168. The molecule has 1 fully saturated rings. The van der Waals surface area contributed by atoms with E-state index in [0.717, 1.165) is 29.6 Å². The molecule has 0 aliphatic carbocycles. The number of benzene rings is 1. The largest absolute Gasteiger partial charge is 0.451 e. The van der Waals surface area contributed by atoms with Crippen molar-refractivity contribution in [2.24, 2.45) is 0 Å². The highest BCUT2D eigenvalue weighted by Crippen LogP contribution is 2.31. The van der Waals surface area contributed by atoms with E-state index in [2.05, 4.69) is 27.7 Å². The van der Waals surface area contributed by atoms with Crippen molar-refractivity contribution in [3.63, 3.8) is 0 Å². The van der Waals surface area contributed by atoms with E-state index in [1.165, 1.54) is 17.7 Å². The van der Waals surface area contributed by atoms with E-state index in [0.29, 0.717) is 22.9 Å². The highest BCUT2D eigenvalue weighted by Gasteiger charge is 2.26. The number of aryl methyl sites for hydroxylation is 2. The summed E-state index contributed by atoms with van der Waals surface area (Å²) in [7, 11) is 0. The summed E-state index contributed by atoms with van der Waals surface area (Å²) in [5, 5.41) is 6.77. The van der Waals surface area contributed by atoms with E-state index in [-0.39, 0.29) is 11.9 Å². The topological polar surface area (TPSA) is 45.5 Å². The molecule has 1 aliphatic heterocycles. The molecular weight excluding hydrogens is 380 g/mol. The Morgan fingerprint density at radius 2 is 2.11 bits per heavy atom. The number of amides is 1. The third-order valence-corrected chi connectivity index (χ3v) is 6.71. The van der Waals surface area contributed by atoms with Gasteiger partial charge < -0.3 is 9.73 Å². The van der Waals surface area contributed by atoms with E-state index >= 15 is 0 Å². The average Bonchev–Trinajstić information content (AvgIpc) is 3.39. The first kappa shape index (κ1) is 18.5. The molecule has 142 valence electrons. The molecular formula is C21H23ClN2O2S. The molecule has 1 N–H and O–H groups in total. The van der Waals surface area contributed by atoms with E-state index in [9.17, 15) is 4.79 Å². The number of hydrogen-bond donors (Lipinski definition) is 1. The fourth-order valence-electron chi connectivity index (χ4n) is 3.77. The molecule has 4 rings (SSSR count). The molecule has 1 aliphatic rings. The van der Waals surface area contributed by atoms with Crippen LogP contribution in [0.2, 0.25) is 5.02 Å². The number of fused-ring (bicyclic) bond motifs is 1. The molecule has 3 aromatic rings. The second kappa shape index (κ2) is 7.66. The maximum atomic E-state index is 12.8. The van der Waals surface area contributed by atoms with Crippen LogP contribution >= 0.6 is 22.9 Å². The Kier molecular flexibility index (Phi) is 5.26. The van der Waals surface area contributed by atoms with Crippen LogP contribution in [0.5, 0.6) is 0 Å². The molecule has 0 bridgehead atoms. The Morgan fingerprint density at radius 1 is 1.33 bits per heavy atom. The molecule has 0 saturated carbocycles. The van der Waals surface area contributed by atoms with E-state index in [1.807, 2.05) is 26.0 Å². The Morgan fingerprint density at radius 3 is 2.81 bits per heavy atom. The van der Waals surface area contributed by atoms with Crippen molar-refractivity contribution in [3.8, 4) is 0 Å². The summed E-state index contributed by atoms with van der Waals surface area (Å²) in [6.45, 7) is 6.58. The molecule has 0 radical (unpaired) electrons. The average molecular weight is 403 g/mol. The van der Waals surface area contributed by atoms with Crippen LogP contribution in [0.25, 0.3) is 11.0 Å². The van der Waals surface area contributed by atoms with Gasteiger partial charge in [-0.25, -0.2) is 0 Å². The summed E-state index contributed by atoms with van der Waals surface area (Å²) in [4.78, 5) is 16.6. The smallest absolute Gasteiger partial charge is 0.287 e. The number of carbonyl (C=O) groups excluding carboxylic acids is 1. The van der Waals surface area contributed by atoms with Crippen molar-refractivity contribution in [1.29, 1.82) is 0 Å². The molecule has 1 atom stereocenters. The summed E-state index contributed by atoms with van der Waals surface area (Å²) >= 11 is 7.98. The van der Waals surface area contributed by atoms with Crippen molar-refractivity contribution in [3.05, 3.63) is 56.4 Å². The van der Waals surface area contributed by atoms with Crippen molar-refractivity contribution >= 4 is 39.8 Å².